The number of unbranched alkanes of at least 4 members (excludes halogenated alkanes) is 1. The van der Waals surface area contributed by atoms with Gasteiger partial charge in [-0.1, -0.05) is 65.3 Å². The van der Waals surface area contributed by atoms with Gasteiger partial charge >= 0.3 is 6.01 Å². The maximum absolute atomic E-state index is 6.11. The Morgan fingerprint density at radius 3 is 1.84 bits per heavy atom. The number of ether oxygens (including phenoxy) is 1. The monoisotopic (exact) mass is 514 g/mol. The lowest BCUT2D eigenvalue weighted by Gasteiger charge is -2.29. The molecule has 0 saturated heterocycles. The normalized spacial score (nSPS) is 11.6. The highest BCUT2D eigenvalue weighted by molar-refractivity contribution is 5.73. The van der Waals surface area contributed by atoms with Crippen molar-refractivity contribution in [3.8, 4) is 6.01 Å². The van der Waals surface area contributed by atoms with Crippen molar-refractivity contribution in [2.24, 2.45) is 0 Å². The summed E-state index contributed by atoms with van der Waals surface area (Å²) in [6.07, 6.45) is 1.97. The predicted octanol–water partition coefficient (Wildman–Crippen LogP) is 3.92. The summed E-state index contributed by atoms with van der Waals surface area (Å²) >= 11 is 0. The van der Waals surface area contributed by atoms with Gasteiger partial charge in [0.15, 0.2) is 11.6 Å². The van der Waals surface area contributed by atoms with E-state index in [-0.39, 0.29) is 11.8 Å². The Labute approximate surface area is 224 Å². The van der Waals surface area contributed by atoms with Crippen LogP contribution in [0.2, 0.25) is 0 Å². The van der Waals surface area contributed by atoms with E-state index in [4.69, 9.17) is 16.2 Å². The lowest BCUT2D eigenvalue weighted by Crippen LogP contribution is -2.39. The molecule has 2 rings (SSSR count). The molecule has 0 saturated carbocycles. The van der Waals surface area contributed by atoms with Crippen molar-refractivity contribution >= 4 is 17.3 Å². The van der Waals surface area contributed by atoms with Gasteiger partial charge < -0.3 is 31.3 Å². The first kappa shape index (κ1) is 30.6. The summed E-state index contributed by atoms with van der Waals surface area (Å²) in [5, 5.41) is 3.29. The van der Waals surface area contributed by atoms with Crippen LogP contribution in [0.1, 0.15) is 58.6 Å². The molecule has 208 valence electrons. The van der Waals surface area contributed by atoms with Gasteiger partial charge in [-0.25, -0.2) is 0 Å². The molecule has 0 amide bonds. The minimum Gasteiger partial charge on any atom is -0.463 e. The standard InChI is InChI=1S/C28H50N8O/c1-6-11-20-37-28-32-26(30)25(29)27(33-28)31-21-23-12-14-24(15-13-23)22-36(18-16-34(7-2)8-3)19-17-35(9-4)10-5/h12-15H,6-11,16-22,29H2,1-5H3,(H3,30,31,32,33). The molecular weight excluding hydrogens is 464 g/mol. The number of aromatic nitrogens is 2. The first-order valence-corrected chi connectivity index (χ1v) is 14.0. The number of nitrogens with one attached hydrogen (secondary N) is 1. The maximum atomic E-state index is 6.11. The Balaban J connectivity index is 1.99. The molecular formula is C28H50N8O. The van der Waals surface area contributed by atoms with Gasteiger partial charge in [-0.05, 0) is 43.7 Å². The van der Waals surface area contributed by atoms with Crippen LogP contribution in [0.3, 0.4) is 0 Å². The summed E-state index contributed by atoms with van der Waals surface area (Å²) < 4.78 is 5.62. The molecule has 1 heterocycles. The van der Waals surface area contributed by atoms with Gasteiger partial charge in [-0.3, -0.25) is 4.90 Å². The average Bonchev–Trinajstić information content (AvgIpc) is 2.91. The van der Waals surface area contributed by atoms with Crippen LogP contribution in [0.15, 0.2) is 24.3 Å². The zero-order valence-corrected chi connectivity index (χ0v) is 23.8. The first-order valence-electron chi connectivity index (χ1n) is 14.0. The van der Waals surface area contributed by atoms with E-state index in [2.05, 4.69) is 88.9 Å². The van der Waals surface area contributed by atoms with Crippen LogP contribution in [-0.2, 0) is 13.1 Å². The predicted molar refractivity (Wildman–Crippen MR) is 156 cm³/mol. The van der Waals surface area contributed by atoms with Gasteiger partial charge in [0.2, 0.25) is 0 Å². The first-order chi connectivity index (χ1) is 17.9. The number of likely N-dealkylation sites (N-methyl/N-ethyl adjacent to an activating group) is 2. The van der Waals surface area contributed by atoms with E-state index in [1.165, 1.54) is 5.56 Å². The van der Waals surface area contributed by atoms with Crippen molar-refractivity contribution in [2.45, 2.75) is 60.5 Å². The van der Waals surface area contributed by atoms with E-state index in [0.29, 0.717) is 24.7 Å². The zero-order chi connectivity index (χ0) is 27.0. The molecule has 2 aromatic rings. The average molecular weight is 515 g/mol. The maximum Gasteiger partial charge on any atom is 0.320 e. The molecule has 37 heavy (non-hydrogen) atoms. The summed E-state index contributed by atoms with van der Waals surface area (Å²) in [6, 6.07) is 9.02. The molecule has 5 N–H and O–H groups in total. The van der Waals surface area contributed by atoms with Gasteiger partial charge in [0, 0.05) is 39.3 Å². The second-order valence-electron chi connectivity index (χ2n) is 9.36. The molecule has 1 aromatic heterocycles. The number of hydrogen-bond acceptors (Lipinski definition) is 9. The van der Waals surface area contributed by atoms with Crippen LogP contribution in [0.5, 0.6) is 6.01 Å². The van der Waals surface area contributed by atoms with Crippen molar-refractivity contribution in [1.29, 1.82) is 0 Å². The topological polar surface area (TPSA) is 109 Å². The van der Waals surface area contributed by atoms with Crippen LogP contribution in [-0.4, -0.2) is 83.6 Å². The van der Waals surface area contributed by atoms with Gasteiger partial charge in [-0.2, -0.15) is 9.97 Å². The second kappa shape index (κ2) is 17.0. The van der Waals surface area contributed by atoms with Crippen molar-refractivity contribution in [2.75, 3.05) is 75.7 Å². The molecule has 0 atom stereocenters. The summed E-state index contributed by atoms with van der Waals surface area (Å²) in [6.45, 7) is 21.9. The third-order valence-corrected chi connectivity index (χ3v) is 6.83. The fourth-order valence-electron chi connectivity index (χ4n) is 4.09. The third-order valence-electron chi connectivity index (χ3n) is 6.83. The Hall–Kier alpha value is -2.62. The lowest BCUT2D eigenvalue weighted by atomic mass is 10.1. The molecule has 1 aromatic carbocycles. The molecule has 9 heteroatoms. The van der Waals surface area contributed by atoms with E-state index < -0.39 is 0 Å². The van der Waals surface area contributed by atoms with Crippen LogP contribution >= 0.6 is 0 Å². The van der Waals surface area contributed by atoms with Gasteiger partial charge in [0.1, 0.15) is 5.69 Å². The largest absolute Gasteiger partial charge is 0.463 e. The van der Waals surface area contributed by atoms with Crippen molar-refractivity contribution in [3.63, 3.8) is 0 Å². The Morgan fingerprint density at radius 1 is 0.757 bits per heavy atom. The van der Waals surface area contributed by atoms with Crippen molar-refractivity contribution < 1.29 is 4.74 Å². The van der Waals surface area contributed by atoms with E-state index in [9.17, 15) is 0 Å². The van der Waals surface area contributed by atoms with Crippen molar-refractivity contribution in [3.05, 3.63) is 35.4 Å². The molecule has 0 radical (unpaired) electrons. The van der Waals surface area contributed by atoms with E-state index in [1.54, 1.807) is 0 Å². The number of anilines is 3. The van der Waals surface area contributed by atoms with Crippen LogP contribution in [0.4, 0.5) is 17.3 Å². The highest BCUT2D eigenvalue weighted by Crippen LogP contribution is 2.24. The number of rotatable bonds is 19. The fraction of sp³-hybridized carbons (Fsp3) is 0.643. The number of nitrogen functional groups attached to an aromatic ring is 2. The summed E-state index contributed by atoms with van der Waals surface area (Å²) in [4.78, 5) is 16.1. The zero-order valence-electron chi connectivity index (χ0n) is 23.8. The van der Waals surface area contributed by atoms with Crippen LogP contribution in [0, 0.1) is 0 Å². The highest BCUT2D eigenvalue weighted by atomic mass is 16.5. The van der Waals surface area contributed by atoms with E-state index >= 15 is 0 Å². The summed E-state index contributed by atoms with van der Waals surface area (Å²) in [5.74, 6) is 0.732. The minimum atomic E-state index is 0.230. The smallest absolute Gasteiger partial charge is 0.320 e. The van der Waals surface area contributed by atoms with Crippen LogP contribution < -0.4 is 21.5 Å². The SMILES string of the molecule is CCCCOc1nc(N)c(N)c(NCc2ccc(CN(CCN(CC)CC)CCN(CC)CC)cc2)n1. The molecule has 0 unspecified atom stereocenters. The van der Waals surface area contributed by atoms with Crippen LogP contribution in [0.25, 0.3) is 0 Å². The number of nitrogens with zero attached hydrogens (tertiary/aromatic N) is 5. The summed E-state index contributed by atoms with van der Waals surface area (Å²) in [5.41, 5.74) is 14.9. The quantitative estimate of drug-likeness (QED) is 0.240. The minimum absolute atomic E-state index is 0.230. The van der Waals surface area contributed by atoms with Gasteiger partial charge in [0.05, 0.1) is 6.61 Å². The Bertz CT molecular complexity index is 868. The number of benzene rings is 1. The van der Waals surface area contributed by atoms with Crippen molar-refractivity contribution in [1.82, 2.24) is 24.7 Å². The molecule has 0 aliphatic rings. The lowest BCUT2D eigenvalue weighted by molar-refractivity contribution is 0.180. The molecule has 9 nitrogen and oxygen atoms in total. The highest BCUT2D eigenvalue weighted by Gasteiger charge is 2.12. The molecule has 0 spiro atoms. The number of hydrogen-bond donors (Lipinski definition) is 3. The third kappa shape index (κ3) is 10.7. The molecule has 0 bridgehead atoms. The fourth-order valence-corrected chi connectivity index (χ4v) is 4.09. The Kier molecular flexibility index (Phi) is 14.1. The summed E-state index contributed by atoms with van der Waals surface area (Å²) in [7, 11) is 0. The molecule has 0 fully saturated rings. The van der Waals surface area contributed by atoms with E-state index in [0.717, 1.165) is 77.3 Å². The second-order valence-corrected chi connectivity index (χ2v) is 9.36. The molecule has 0 aliphatic carbocycles. The van der Waals surface area contributed by atoms with E-state index in [1.807, 2.05) is 0 Å². The molecule has 0 aliphatic heterocycles. The Morgan fingerprint density at radius 2 is 1.30 bits per heavy atom. The van der Waals surface area contributed by atoms with Gasteiger partial charge in [0.25, 0.3) is 0 Å². The van der Waals surface area contributed by atoms with Gasteiger partial charge in [-0.15, -0.1) is 0 Å². The number of nitrogens with two attached hydrogens (primary N) is 2.